The van der Waals surface area contributed by atoms with Crippen molar-refractivity contribution >= 4 is 0 Å². The van der Waals surface area contributed by atoms with Crippen LogP contribution in [-0.2, 0) is 13.1 Å². The molecule has 0 fully saturated rings. The third-order valence-electron chi connectivity index (χ3n) is 2.30. The zero-order valence-electron chi connectivity index (χ0n) is 9.76. The molecule has 0 aromatic carbocycles. The number of rotatable bonds is 7. The summed E-state index contributed by atoms with van der Waals surface area (Å²) in [4.78, 5) is 2.23. The molecule has 1 aromatic heterocycles. The highest BCUT2D eigenvalue weighted by Crippen LogP contribution is 1.95. The van der Waals surface area contributed by atoms with Crippen LogP contribution in [0, 0.1) is 12.3 Å². The van der Waals surface area contributed by atoms with E-state index < -0.39 is 0 Å². The molecule has 5 nitrogen and oxygen atoms in total. The van der Waals surface area contributed by atoms with Crippen LogP contribution in [0.4, 0.5) is 0 Å². The molecule has 0 aliphatic heterocycles. The van der Waals surface area contributed by atoms with E-state index in [2.05, 4.69) is 28.1 Å². The van der Waals surface area contributed by atoms with Gasteiger partial charge in [0.15, 0.2) is 0 Å². The standard InChI is InChI=1S/C11H19N5/c1-3-5-15(6-4-2)7-8-16-10-11(9-12)13-14-16/h1,10H,4-9,12H2,2H3. The van der Waals surface area contributed by atoms with Crippen molar-refractivity contribution in [2.75, 3.05) is 19.6 Å². The van der Waals surface area contributed by atoms with Crippen LogP contribution in [0.5, 0.6) is 0 Å². The van der Waals surface area contributed by atoms with Gasteiger partial charge in [-0.1, -0.05) is 18.1 Å². The second-order valence-electron chi connectivity index (χ2n) is 3.66. The Morgan fingerprint density at radius 1 is 1.56 bits per heavy atom. The van der Waals surface area contributed by atoms with Crippen molar-refractivity contribution in [2.24, 2.45) is 5.73 Å². The smallest absolute Gasteiger partial charge is 0.0962 e. The average Bonchev–Trinajstić information content (AvgIpc) is 2.74. The summed E-state index contributed by atoms with van der Waals surface area (Å²) in [6.45, 7) is 5.98. The molecule has 0 aliphatic rings. The van der Waals surface area contributed by atoms with Gasteiger partial charge in [-0.3, -0.25) is 9.58 Å². The lowest BCUT2D eigenvalue weighted by molar-refractivity contribution is 0.287. The van der Waals surface area contributed by atoms with Crippen LogP contribution in [0.15, 0.2) is 6.20 Å². The first-order valence-electron chi connectivity index (χ1n) is 5.55. The summed E-state index contributed by atoms with van der Waals surface area (Å²) in [5.41, 5.74) is 6.28. The Kier molecular flexibility index (Phi) is 5.54. The maximum absolute atomic E-state index is 5.46. The molecule has 0 saturated carbocycles. The van der Waals surface area contributed by atoms with E-state index in [9.17, 15) is 0 Å². The Morgan fingerprint density at radius 2 is 2.38 bits per heavy atom. The van der Waals surface area contributed by atoms with Crippen LogP contribution >= 0.6 is 0 Å². The molecule has 0 bridgehead atoms. The molecule has 1 aromatic rings. The lowest BCUT2D eigenvalue weighted by Crippen LogP contribution is -2.29. The SMILES string of the molecule is C#CCN(CCC)CCn1cc(CN)nn1. The Labute approximate surface area is 96.6 Å². The molecule has 88 valence electrons. The highest BCUT2D eigenvalue weighted by Gasteiger charge is 2.03. The van der Waals surface area contributed by atoms with Crippen LogP contribution < -0.4 is 5.73 Å². The maximum atomic E-state index is 5.46. The molecule has 5 heteroatoms. The molecule has 0 aliphatic carbocycles. The van der Waals surface area contributed by atoms with Crippen molar-refractivity contribution in [3.63, 3.8) is 0 Å². The van der Waals surface area contributed by atoms with E-state index in [-0.39, 0.29) is 0 Å². The Balaban J connectivity index is 2.39. The first kappa shape index (κ1) is 12.7. The van der Waals surface area contributed by atoms with E-state index in [0.717, 1.165) is 31.7 Å². The molecule has 0 radical (unpaired) electrons. The summed E-state index contributed by atoms with van der Waals surface area (Å²) in [5.74, 6) is 2.67. The molecule has 1 heterocycles. The van der Waals surface area contributed by atoms with Crippen LogP contribution in [0.3, 0.4) is 0 Å². The molecule has 0 saturated heterocycles. The molecule has 1 rings (SSSR count). The van der Waals surface area contributed by atoms with Gasteiger partial charge in [0.05, 0.1) is 18.8 Å². The first-order chi connectivity index (χ1) is 7.80. The van der Waals surface area contributed by atoms with Gasteiger partial charge in [-0.05, 0) is 13.0 Å². The van der Waals surface area contributed by atoms with Crippen LogP contribution in [0.1, 0.15) is 19.0 Å². The van der Waals surface area contributed by atoms with Crippen molar-refractivity contribution in [2.45, 2.75) is 26.4 Å². The predicted octanol–water partition coefficient (Wildman–Crippen LogP) is 0.0820. The van der Waals surface area contributed by atoms with E-state index >= 15 is 0 Å². The highest BCUT2D eigenvalue weighted by atomic mass is 15.4. The van der Waals surface area contributed by atoms with Gasteiger partial charge >= 0.3 is 0 Å². The van der Waals surface area contributed by atoms with Gasteiger partial charge in [-0.15, -0.1) is 11.5 Å². The summed E-state index contributed by atoms with van der Waals surface area (Å²) >= 11 is 0. The summed E-state index contributed by atoms with van der Waals surface area (Å²) in [6, 6.07) is 0. The second kappa shape index (κ2) is 6.99. The van der Waals surface area contributed by atoms with E-state index in [1.807, 2.05) is 6.20 Å². The fourth-order valence-corrected chi connectivity index (χ4v) is 1.50. The highest BCUT2D eigenvalue weighted by molar-refractivity contribution is 4.91. The third-order valence-corrected chi connectivity index (χ3v) is 2.30. The van der Waals surface area contributed by atoms with Crippen molar-refractivity contribution in [1.82, 2.24) is 19.9 Å². The van der Waals surface area contributed by atoms with Crippen molar-refractivity contribution in [3.8, 4) is 12.3 Å². The van der Waals surface area contributed by atoms with Crippen LogP contribution in [-0.4, -0.2) is 39.5 Å². The molecule has 0 spiro atoms. The summed E-state index contributed by atoms with van der Waals surface area (Å²) in [6.07, 6.45) is 8.29. The first-order valence-corrected chi connectivity index (χ1v) is 5.55. The Hall–Kier alpha value is -1.38. The number of aromatic nitrogens is 3. The molecule has 0 unspecified atom stereocenters. The molecule has 0 atom stereocenters. The van der Waals surface area contributed by atoms with Crippen molar-refractivity contribution < 1.29 is 0 Å². The quantitative estimate of drug-likeness (QED) is 0.663. The van der Waals surface area contributed by atoms with Crippen molar-refractivity contribution in [1.29, 1.82) is 0 Å². The van der Waals surface area contributed by atoms with Gasteiger partial charge in [0.25, 0.3) is 0 Å². The minimum atomic E-state index is 0.434. The number of terminal acetylenes is 1. The van der Waals surface area contributed by atoms with Gasteiger partial charge in [0.2, 0.25) is 0 Å². The van der Waals surface area contributed by atoms with Gasteiger partial charge in [0.1, 0.15) is 0 Å². The third kappa shape index (κ3) is 4.01. The normalized spacial score (nSPS) is 10.6. The average molecular weight is 221 g/mol. The largest absolute Gasteiger partial charge is 0.325 e. The van der Waals surface area contributed by atoms with E-state index in [0.29, 0.717) is 13.1 Å². The topological polar surface area (TPSA) is 60.0 Å². The zero-order valence-corrected chi connectivity index (χ0v) is 9.76. The summed E-state index contributed by atoms with van der Waals surface area (Å²) in [7, 11) is 0. The van der Waals surface area contributed by atoms with Gasteiger partial charge in [-0.25, -0.2) is 0 Å². The Bertz CT molecular complexity index is 338. The summed E-state index contributed by atoms with van der Waals surface area (Å²) < 4.78 is 1.81. The fraction of sp³-hybridized carbons (Fsp3) is 0.636. The number of hydrogen-bond acceptors (Lipinski definition) is 4. The van der Waals surface area contributed by atoms with Crippen LogP contribution in [0.25, 0.3) is 0 Å². The fourth-order valence-electron chi connectivity index (χ4n) is 1.50. The Morgan fingerprint density at radius 3 is 2.94 bits per heavy atom. The number of nitrogens with zero attached hydrogens (tertiary/aromatic N) is 4. The van der Waals surface area contributed by atoms with Gasteiger partial charge in [0, 0.05) is 19.3 Å². The van der Waals surface area contributed by atoms with Gasteiger partial charge in [-0.2, -0.15) is 0 Å². The second-order valence-corrected chi connectivity index (χ2v) is 3.66. The van der Waals surface area contributed by atoms with Crippen molar-refractivity contribution in [3.05, 3.63) is 11.9 Å². The minimum Gasteiger partial charge on any atom is -0.325 e. The summed E-state index contributed by atoms with van der Waals surface area (Å²) in [5, 5.41) is 7.92. The number of nitrogens with two attached hydrogens (primary N) is 1. The van der Waals surface area contributed by atoms with Crippen LogP contribution in [0.2, 0.25) is 0 Å². The monoisotopic (exact) mass is 221 g/mol. The van der Waals surface area contributed by atoms with E-state index in [4.69, 9.17) is 12.2 Å². The lowest BCUT2D eigenvalue weighted by atomic mass is 10.4. The van der Waals surface area contributed by atoms with E-state index in [1.54, 1.807) is 4.68 Å². The molecule has 0 amide bonds. The predicted molar refractivity (Wildman–Crippen MR) is 63.5 cm³/mol. The minimum absolute atomic E-state index is 0.434. The molecular formula is C11H19N5. The molecular weight excluding hydrogens is 202 g/mol. The zero-order chi connectivity index (χ0) is 11.8. The van der Waals surface area contributed by atoms with Gasteiger partial charge < -0.3 is 5.73 Å². The number of hydrogen-bond donors (Lipinski definition) is 1. The lowest BCUT2D eigenvalue weighted by Gasteiger charge is -2.18. The maximum Gasteiger partial charge on any atom is 0.0962 e. The molecule has 2 N–H and O–H groups in total. The molecule has 16 heavy (non-hydrogen) atoms. The van der Waals surface area contributed by atoms with E-state index in [1.165, 1.54) is 0 Å².